The topological polar surface area (TPSA) is 150 Å². The Kier molecular flexibility index (Phi) is 2.73. The molecule has 3 aromatic rings. The first kappa shape index (κ1) is 12.5. The maximum absolute atomic E-state index is 10.8. The van der Waals surface area contributed by atoms with Crippen LogP contribution in [0.3, 0.4) is 0 Å². The number of nitrogen functional groups attached to an aromatic ring is 1. The van der Waals surface area contributed by atoms with Crippen LogP contribution in [0.5, 0.6) is 0 Å². The number of rotatable bonds is 3. The zero-order chi connectivity index (χ0) is 15.0. The molecule has 10 heteroatoms. The second kappa shape index (κ2) is 4.57. The van der Waals surface area contributed by atoms with Gasteiger partial charge in [0, 0.05) is 12.1 Å². The third-order valence-corrected chi connectivity index (χ3v) is 2.90. The van der Waals surface area contributed by atoms with E-state index in [4.69, 9.17) is 11.0 Å². The minimum atomic E-state index is -0.519. The summed E-state index contributed by atoms with van der Waals surface area (Å²) in [7, 11) is 0. The number of fused-ring (bicyclic) bond motifs is 1. The van der Waals surface area contributed by atoms with Crippen LogP contribution in [0.1, 0.15) is 0 Å². The van der Waals surface area contributed by atoms with Gasteiger partial charge in [-0.05, 0) is 16.4 Å². The molecule has 0 atom stereocenters. The van der Waals surface area contributed by atoms with Gasteiger partial charge >= 0.3 is 0 Å². The summed E-state index contributed by atoms with van der Waals surface area (Å²) in [5.41, 5.74) is 6.63. The first-order valence-electron chi connectivity index (χ1n) is 5.72. The summed E-state index contributed by atoms with van der Waals surface area (Å²) in [4.78, 5) is 14.5. The van der Waals surface area contributed by atoms with Gasteiger partial charge in [-0.25, -0.2) is 9.61 Å². The van der Waals surface area contributed by atoms with Gasteiger partial charge in [0.05, 0.1) is 22.0 Å². The smallest absolute Gasteiger partial charge is 0.271 e. The van der Waals surface area contributed by atoms with Crippen molar-refractivity contribution < 1.29 is 9.55 Å². The highest BCUT2D eigenvalue weighted by Gasteiger charge is 2.20. The number of hydrogen-bond acceptors (Lipinski definition) is 8. The summed E-state index contributed by atoms with van der Waals surface area (Å²) in [6, 6.07) is 6.17. The normalized spacial score (nSPS) is 10.6. The number of nitro groups is 1. The molecule has 3 rings (SSSR count). The summed E-state index contributed by atoms with van der Waals surface area (Å²) in [5.74, 6) is 0.296. The molecule has 104 valence electrons. The van der Waals surface area contributed by atoms with E-state index in [1.165, 1.54) is 22.8 Å². The highest BCUT2D eigenvalue weighted by atomic mass is 16.6. The lowest BCUT2D eigenvalue weighted by atomic mass is 10.3. The van der Waals surface area contributed by atoms with Crippen LogP contribution in [0.4, 0.5) is 11.5 Å². The van der Waals surface area contributed by atoms with Crippen molar-refractivity contribution in [2.45, 2.75) is 6.54 Å². The van der Waals surface area contributed by atoms with Crippen LogP contribution in [0.25, 0.3) is 22.6 Å². The number of non-ortho nitro benzene ring substituents is 1. The van der Waals surface area contributed by atoms with E-state index in [2.05, 4.69) is 19.9 Å². The van der Waals surface area contributed by atoms with E-state index in [9.17, 15) is 10.1 Å². The minimum Gasteiger partial charge on any atom is -0.379 e. The quantitative estimate of drug-likeness (QED) is 0.555. The lowest BCUT2D eigenvalue weighted by Crippen LogP contribution is -2.00. The molecule has 0 unspecified atom stereocenters. The van der Waals surface area contributed by atoms with Crippen molar-refractivity contribution in [2.24, 2.45) is 0 Å². The predicted octanol–water partition coefficient (Wildman–Crippen LogP) is 1.10. The molecule has 0 saturated heterocycles. The number of nitro benzene ring substituents is 1. The summed E-state index contributed by atoms with van der Waals surface area (Å²) >= 11 is 0. The Labute approximate surface area is 116 Å². The van der Waals surface area contributed by atoms with E-state index < -0.39 is 4.92 Å². The molecule has 2 aromatic heterocycles. The van der Waals surface area contributed by atoms with E-state index in [1.54, 1.807) is 0 Å². The Morgan fingerprint density at radius 3 is 2.90 bits per heavy atom. The molecule has 0 spiro atoms. The van der Waals surface area contributed by atoms with E-state index in [0.717, 1.165) is 0 Å². The van der Waals surface area contributed by atoms with E-state index in [-0.39, 0.29) is 29.6 Å². The Hall–Kier alpha value is -3.48. The van der Waals surface area contributed by atoms with Crippen molar-refractivity contribution in [2.75, 3.05) is 5.73 Å². The van der Waals surface area contributed by atoms with Crippen molar-refractivity contribution in [3.8, 4) is 17.6 Å². The zero-order valence-electron chi connectivity index (χ0n) is 10.4. The van der Waals surface area contributed by atoms with Crippen LogP contribution in [-0.2, 0) is 6.54 Å². The molecule has 0 aliphatic carbocycles. The third kappa shape index (κ3) is 1.93. The predicted molar refractivity (Wildman–Crippen MR) is 69.7 cm³/mol. The molecule has 0 amide bonds. The van der Waals surface area contributed by atoms with Crippen LogP contribution in [-0.4, -0.2) is 24.8 Å². The fourth-order valence-corrected chi connectivity index (χ4v) is 1.99. The number of hydrogen-bond donors (Lipinski definition) is 1. The van der Waals surface area contributed by atoms with Crippen molar-refractivity contribution in [3.63, 3.8) is 0 Å². The van der Waals surface area contributed by atoms with Crippen molar-refractivity contribution >= 4 is 22.5 Å². The second-order valence-corrected chi connectivity index (χ2v) is 4.11. The maximum Gasteiger partial charge on any atom is 0.271 e. The molecule has 2 heterocycles. The fourth-order valence-electron chi connectivity index (χ4n) is 1.99. The van der Waals surface area contributed by atoms with Crippen LogP contribution in [0, 0.1) is 21.4 Å². The zero-order valence-corrected chi connectivity index (χ0v) is 10.4. The molecule has 2 N–H and O–H groups in total. The third-order valence-electron chi connectivity index (χ3n) is 2.90. The molecule has 1 aromatic carbocycles. The molecule has 21 heavy (non-hydrogen) atoms. The number of benzene rings is 1. The molecular formula is C11H7N7O3. The highest BCUT2D eigenvalue weighted by Crippen LogP contribution is 2.28. The van der Waals surface area contributed by atoms with E-state index in [0.29, 0.717) is 11.0 Å². The van der Waals surface area contributed by atoms with Gasteiger partial charge in [0.25, 0.3) is 5.69 Å². The van der Waals surface area contributed by atoms with Crippen molar-refractivity contribution in [1.82, 2.24) is 19.9 Å². The van der Waals surface area contributed by atoms with Crippen LogP contribution in [0.15, 0.2) is 22.8 Å². The average Bonchev–Trinajstić information content (AvgIpc) is 3.02. The fraction of sp³-hybridized carbons (Fsp3) is 0.0909. The van der Waals surface area contributed by atoms with Gasteiger partial charge < -0.3 is 10.3 Å². The molecule has 0 fully saturated rings. The molecule has 0 radical (unpaired) electrons. The largest absolute Gasteiger partial charge is 0.379 e. The number of anilines is 1. The lowest BCUT2D eigenvalue weighted by molar-refractivity contribution is -0.384. The second-order valence-electron chi connectivity index (χ2n) is 4.11. The van der Waals surface area contributed by atoms with Gasteiger partial charge in [-0.15, -0.1) is 0 Å². The van der Waals surface area contributed by atoms with Crippen LogP contribution in [0.2, 0.25) is 0 Å². The van der Waals surface area contributed by atoms with Crippen LogP contribution >= 0.6 is 0 Å². The number of nitriles is 1. The van der Waals surface area contributed by atoms with Gasteiger partial charge in [-0.3, -0.25) is 10.1 Å². The molecule has 0 saturated carbocycles. The highest BCUT2D eigenvalue weighted by molar-refractivity contribution is 5.83. The first-order valence-corrected chi connectivity index (χ1v) is 5.72. The molecular weight excluding hydrogens is 278 g/mol. The lowest BCUT2D eigenvalue weighted by Gasteiger charge is -2.01. The number of imidazole rings is 1. The van der Waals surface area contributed by atoms with E-state index >= 15 is 0 Å². The minimum absolute atomic E-state index is 0.0179. The molecule has 0 aliphatic rings. The molecule has 10 nitrogen and oxygen atoms in total. The Balaban J connectivity index is 2.29. The van der Waals surface area contributed by atoms with Crippen LogP contribution < -0.4 is 5.73 Å². The summed E-state index contributed by atoms with van der Waals surface area (Å²) in [6.07, 6.45) is 0. The van der Waals surface area contributed by atoms with Gasteiger partial charge in [-0.2, -0.15) is 5.26 Å². The Bertz CT molecular complexity index is 889. The average molecular weight is 285 g/mol. The summed E-state index contributed by atoms with van der Waals surface area (Å²) in [5, 5.41) is 26.8. The number of nitrogens with zero attached hydrogens (tertiary/aromatic N) is 6. The van der Waals surface area contributed by atoms with Crippen molar-refractivity contribution in [3.05, 3.63) is 28.3 Å². The van der Waals surface area contributed by atoms with Gasteiger partial charge in [-0.1, -0.05) is 0 Å². The Morgan fingerprint density at radius 1 is 1.48 bits per heavy atom. The number of nitrogens with two attached hydrogens (primary N) is 1. The van der Waals surface area contributed by atoms with Gasteiger partial charge in [0.1, 0.15) is 6.54 Å². The Morgan fingerprint density at radius 2 is 2.29 bits per heavy atom. The van der Waals surface area contributed by atoms with Crippen molar-refractivity contribution in [1.29, 1.82) is 5.26 Å². The molecule has 0 bridgehead atoms. The first-order chi connectivity index (χ1) is 10.1. The molecule has 0 aliphatic heterocycles. The standard InChI is InChI=1S/C11H7N7O3/c12-3-4-17-8-2-1-6(18(19)20)5-7(8)14-11(17)9-10(13)16-21-15-9/h1-2,5H,4H2,(H2,13,16). The summed E-state index contributed by atoms with van der Waals surface area (Å²) < 4.78 is 6.06. The van der Waals surface area contributed by atoms with E-state index in [1.807, 2.05) is 6.07 Å². The maximum atomic E-state index is 10.8. The number of aromatic nitrogens is 4. The van der Waals surface area contributed by atoms with Gasteiger partial charge in [0.2, 0.25) is 0 Å². The SMILES string of the molecule is N#CCn1c(-c2nonc2N)nc2cc([N+](=O)[O-])ccc21. The summed E-state index contributed by atoms with van der Waals surface area (Å²) in [6.45, 7) is -0.0179. The monoisotopic (exact) mass is 285 g/mol. The van der Waals surface area contributed by atoms with Gasteiger partial charge in [0.15, 0.2) is 17.3 Å².